The maximum absolute atomic E-state index is 14.5. The summed E-state index contributed by atoms with van der Waals surface area (Å²) >= 11 is 6.08. The second kappa shape index (κ2) is 8.76. The van der Waals surface area contributed by atoms with Gasteiger partial charge in [-0.15, -0.1) is 0 Å². The molecule has 10 heteroatoms. The van der Waals surface area contributed by atoms with Crippen molar-refractivity contribution in [1.29, 1.82) is 0 Å². The predicted molar refractivity (Wildman–Crippen MR) is 117 cm³/mol. The number of aryl methyl sites for hydroxylation is 2. The lowest BCUT2D eigenvalue weighted by Gasteiger charge is -2.13. The largest absolute Gasteiger partial charge is 0.420 e. The molecule has 7 nitrogen and oxygen atoms in total. The van der Waals surface area contributed by atoms with Gasteiger partial charge in [0.25, 0.3) is 0 Å². The van der Waals surface area contributed by atoms with Gasteiger partial charge < -0.3 is 9.30 Å². The zero-order valence-corrected chi connectivity index (χ0v) is 19.0. The van der Waals surface area contributed by atoms with Gasteiger partial charge in [-0.05, 0) is 44.5 Å². The number of hydrogen-bond acceptors (Lipinski definition) is 6. The zero-order chi connectivity index (χ0) is 22.9. The molecular formula is C21H21ClFN3O4S. The highest BCUT2D eigenvalue weighted by Gasteiger charge is 2.21. The van der Waals surface area contributed by atoms with Crippen LogP contribution in [0.25, 0.3) is 11.3 Å². The van der Waals surface area contributed by atoms with Crippen LogP contribution >= 0.6 is 11.6 Å². The number of sulfone groups is 1. The van der Waals surface area contributed by atoms with Crippen LogP contribution in [-0.4, -0.2) is 28.2 Å². The van der Waals surface area contributed by atoms with E-state index in [1.54, 1.807) is 40.1 Å². The number of halogens is 2. The highest BCUT2D eigenvalue weighted by molar-refractivity contribution is 7.91. The Hall–Kier alpha value is -2.78. The van der Waals surface area contributed by atoms with Crippen LogP contribution in [-0.2, 0) is 22.6 Å². The number of pyridine rings is 1. The second-order valence-electron chi connectivity index (χ2n) is 7.36. The van der Waals surface area contributed by atoms with E-state index < -0.39 is 20.9 Å². The molecule has 0 bridgehead atoms. The summed E-state index contributed by atoms with van der Waals surface area (Å²) < 4.78 is 46.4. The van der Waals surface area contributed by atoms with Crippen LogP contribution in [0.3, 0.4) is 0 Å². The molecule has 0 aliphatic heterocycles. The van der Waals surface area contributed by atoms with Crippen molar-refractivity contribution in [1.82, 2.24) is 14.5 Å². The molecule has 1 aromatic carbocycles. The molecule has 0 radical (unpaired) electrons. The smallest absolute Gasteiger partial charge is 0.322 e. The summed E-state index contributed by atoms with van der Waals surface area (Å²) in [5.74, 6) is -1.27. The van der Waals surface area contributed by atoms with Gasteiger partial charge in [-0.25, -0.2) is 12.8 Å². The molecular weight excluding hydrogens is 445 g/mol. The first-order valence-corrected chi connectivity index (χ1v) is 11.5. The third kappa shape index (κ3) is 5.11. The lowest BCUT2D eigenvalue weighted by Crippen LogP contribution is -2.17. The van der Waals surface area contributed by atoms with Gasteiger partial charge in [0.1, 0.15) is 0 Å². The Morgan fingerprint density at radius 1 is 1.19 bits per heavy atom. The van der Waals surface area contributed by atoms with Crippen molar-refractivity contribution >= 4 is 21.4 Å². The fraction of sp³-hybridized carbons (Fsp3) is 0.286. The van der Waals surface area contributed by atoms with E-state index in [-0.39, 0.29) is 33.8 Å². The van der Waals surface area contributed by atoms with Crippen molar-refractivity contribution in [2.45, 2.75) is 31.8 Å². The fourth-order valence-corrected chi connectivity index (χ4v) is 3.75. The molecule has 2 aromatic heterocycles. The van der Waals surface area contributed by atoms with Gasteiger partial charge in [0, 0.05) is 24.9 Å². The maximum Gasteiger partial charge on any atom is 0.322 e. The van der Waals surface area contributed by atoms with Crippen molar-refractivity contribution in [2.24, 2.45) is 7.05 Å². The Bertz CT molecular complexity index is 1310. The summed E-state index contributed by atoms with van der Waals surface area (Å²) in [6, 6.07) is 7.14. The summed E-state index contributed by atoms with van der Waals surface area (Å²) in [6.07, 6.45) is 1.55. The Balaban J connectivity index is 2.14. The molecule has 0 aliphatic carbocycles. The molecule has 0 saturated carbocycles. The molecule has 0 fully saturated rings. The van der Waals surface area contributed by atoms with Crippen molar-refractivity contribution in [3.8, 4) is 23.0 Å². The average Bonchev–Trinajstić information content (AvgIpc) is 2.69. The van der Waals surface area contributed by atoms with Crippen LogP contribution in [0.1, 0.15) is 25.1 Å². The van der Waals surface area contributed by atoms with Crippen LogP contribution in [0.15, 0.2) is 41.3 Å². The SMILES string of the molecule is Cc1ccc(Cl)c(Oc2nc(CS(=O)(=O)C(C)C)cc(-c3ccc(=O)n(C)c3)n2)c1F. The van der Waals surface area contributed by atoms with Crippen molar-refractivity contribution < 1.29 is 17.5 Å². The number of benzene rings is 1. The van der Waals surface area contributed by atoms with Gasteiger partial charge in [-0.1, -0.05) is 17.7 Å². The van der Waals surface area contributed by atoms with E-state index in [4.69, 9.17) is 16.3 Å². The molecule has 31 heavy (non-hydrogen) atoms. The van der Waals surface area contributed by atoms with Crippen LogP contribution < -0.4 is 10.3 Å². The van der Waals surface area contributed by atoms with Gasteiger partial charge in [0.05, 0.1) is 27.4 Å². The van der Waals surface area contributed by atoms with Gasteiger partial charge >= 0.3 is 6.01 Å². The minimum Gasteiger partial charge on any atom is -0.420 e. The minimum atomic E-state index is -3.48. The summed E-state index contributed by atoms with van der Waals surface area (Å²) in [5, 5.41) is -0.591. The Kier molecular flexibility index (Phi) is 6.47. The maximum atomic E-state index is 14.5. The van der Waals surface area contributed by atoms with Crippen molar-refractivity contribution in [3.05, 3.63) is 69.0 Å². The van der Waals surface area contributed by atoms with E-state index in [2.05, 4.69) is 9.97 Å². The molecule has 0 saturated heterocycles. The van der Waals surface area contributed by atoms with Crippen LogP contribution in [0.2, 0.25) is 5.02 Å². The highest BCUT2D eigenvalue weighted by Crippen LogP contribution is 2.33. The van der Waals surface area contributed by atoms with Gasteiger partial charge in [0.15, 0.2) is 21.4 Å². The first-order chi connectivity index (χ1) is 14.5. The first-order valence-electron chi connectivity index (χ1n) is 9.37. The molecule has 0 unspecified atom stereocenters. The quantitative estimate of drug-likeness (QED) is 0.545. The molecule has 0 amide bonds. The Morgan fingerprint density at radius 2 is 1.90 bits per heavy atom. The van der Waals surface area contributed by atoms with E-state index in [0.29, 0.717) is 16.8 Å². The number of rotatable bonds is 6. The summed E-state index contributed by atoms with van der Waals surface area (Å²) in [6.45, 7) is 4.70. The van der Waals surface area contributed by atoms with E-state index in [0.717, 1.165) is 0 Å². The van der Waals surface area contributed by atoms with E-state index in [1.165, 1.54) is 28.8 Å². The second-order valence-corrected chi connectivity index (χ2v) is 10.3. The van der Waals surface area contributed by atoms with E-state index >= 15 is 0 Å². The number of ether oxygens (including phenoxy) is 1. The predicted octanol–water partition coefficient (Wildman–Crippen LogP) is 4.06. The van der Waals surface area contributed by atoms with Crippen molar-refractivity contribution in [2.75, 3.05) is 0 Å². The highest BCUT2D eigenvalue weighted by atomic mass is 35.5. The molecule has 0 N–H and O–H groups in total. The van der Waals surface area contributed by atoms with Crippen LogP contribution in [0.5, 0.6) is 11.8 Å². The van der Waals surface area contributed by atoms with Gasteiger partial charge in [0.2, 0.25) is 5.56 Å². The fourth-order valence-electron chi connectivity index (χ4n) is 2.67. The molecule has 3 rings (SSSR count). The van der Waals surface area contributed by atoms with Crippen LogP contribution in [0, 0.1) is 12.7 Å². The molecule has 164 valence electrons. The summed E-state index contributed by atoms with van der Waals surface area (Å²) in [7, 11) is -1.90. The number of hydrogen-bond donors (Lipinski definition) is 0. The minimum absolute atomic E-state index is 0.0237. The summed E-state index contributed by atoms with van der Waals surface area (Å²) in [4.78, 5) is 20.2. The Labute approximate surface area is 184 Å². The average molecular weight is 466 g/mol. The topological polar surface area (TPSA) is 91.1 Å². The Morgan fingerprint density at radius 3 is 2.55 bits per heavy atom. The lowest BCUT2D eigenvalue weighted by atomic mass is 10.2. The standard InChI is InChI=1S/C21H21ClFN3O4S/c1-12(2)31(28,29)11-15-9-17(14-6-8-18(27)26(4)10-14)25-21(24-15)30-20-16(22)7-5-13(3)19(20)23/h5-10,12H,11H2,1-4H3. The lowest BCUT2D eigenvalue weighted by molar-refractivity contribution is 0.409. The molecule has 0 spiro atoms. The third-order valence-electron chi connectivity index (χ3n) is 4.64. The first kappa shape index (κ1) is 22.9. The number of aromatic nitrogens is 3. The molecule has 0 aliphatic rings. The number of nitrogens with zero attached hydrogens (tertiary/aromatic N) is 3. The molecule has 2 heterocycles. The van der Waals surface area contributed by atoms with E-state index in [1.807, 2.05) is 0 Å². The molecule has 0 atom stereocenters. The monoisotopic (exact) mass is 465 g/mol. The molecule has 3 aromatic rings. The third-order valence-corrected chi connectivity index (χ3v) is 7.08. The normalized spacial score (nSPS) is 11.7. The summed E-state index contributed by atoms with van der Waals surface area (Å²) in [5.41, 5.74) is 1.13. The van der Waals surface area contributed by atoms with E-state index in [9.17, 15) is 17.6 Å². The van der Waals surface area contributed by atoms with Crippen molar-refractivity contribution in [3.63, 3.8) is 0 Å². The zero-order valence-electron chi connectivity index (χ0n) is 17.4. The van der Waals surface area contributed by atoms with Gasteiger partial charge in [-0.2, -0.15) is 9.97 Å². The van der Waals surface area contributed by atoms with Crippen LogP contribution in [0.4, 0.5) is 4.39 Å². The van der Waals surface area contributed by atoms with Gasteiger partial charge in [-0.3, -0.25) is 4.79 Å².